The number of halogens is 2. The molecule has 3 aliphatic heterocycles. The van der Waals surface area contributed by atoms with E-state index in [-0.39, 0.29) is 48.8 Å². The van der Waals surface area contributed by atoms with E-state index in [1.807, 2.05) is 0 Å². The predicted octanol–water partition coefficient (Wildman–Crippen LogP) is 5.04. The van der Waals surface area contributed by atoms with Gasteiger partial charge in [-0.15, -0.1) is 11.8 Å². The van der Waals surface area contributed by atoms with Crippen LogP contribution in [0.15, 0.2) is 59.1 Å². The number of benzene rings is 2. The van der Waals surface area contributed by atoms with Crippen LogP contribution in [-0.2, 0) is 27.4 Å². The second kappa shape index (κ2) is 14.3. The number of likely N-dealkylation sites (tertiary alicyclic amines) is 1. The van der Waals surface area contributed by atoms with Gasteiger partial charge in [0.15, 0.2) is 0 Å². The van der Waals surface area contributed by atoms with Crippen molar-refractivity contribution in [2.75, 3.05) is 12.3 Å². The molecule has 2 aromatic rings. The molecule has 2 amide bonds. The second-order valence-electron chi connectivity index (χ2n) is 12.3. The number of alkyl halides is 2. The number of carbonyl (C=O) groups excluding carboxylic acids is 2. The van der Waals surface area contributed by atoms with Crippen LogP contribution in [0.3, 0.4) is 0 Å². The molecule has 5 rings (SSSR count). The normalized spacial score (nSPS) is 25.3. The number of fused-ring (bicyclic) bond motifs is 1. The van der Waals surface area contributed by atoms with Crippen molar-refractivity contribution in [3.63, 3.8) is 0 Å². The van der Waals surface area contributed by atoms with Gasteiger partial charge < -0.3 is 24.7 Å². The van der Waals surface area contributed by atoms with Gasteiger partial charge in [0, 0.05) is 58.2 Å². The van der Waals surface area contributed by atoms with Crippen LogP contribution in [0.25, 0.3) is 0 Å². The van der Waals surface area contributed by atoms with E-state index in [0.29, 0.717) is 27.8 Å². The molecule has 3 aliphatic rings. The van der Waals surface area contributed by atoms with E-state index < -0.39 is 68.3 Å². The lowest BCUT2D eigenvalue weighted by atomic mass is 9.67. The van der Waals surface area contributed by atoms with E-state index in [0.717, 1.165) is 11.8 Å². The summed E-state index contributed by atoms with van der Waals surface area (Å²) in [4.78, 5) is 63.1. The Balaban J connectivity index is 1.42. The zero-order valence-electron chi connectivity index (χ0n) is 26.1. The molecule has 0 unspecified atom stereocenters. The molecule has 14 nitrogen and oxygen atoms in total. The number of ether oxygens (including phenoxy) is 1. The summed E-state index contributed by atoms with van der Waals surface area (Å²) < 4.78 is 32.0. The monoisotopic (exact) mass is 722 g/mol. The van der Waals surface area contributed by atoms with Crippen molar-refractivity contribution in [2.24, 2.45) is 11.3 Å². The first-order valence-electron chi connectivity index (χ1n) is 15.1. The standard InChI is InChI=1S/C31H32F2N4O10S2/c1-16(38)23-25-31(2,12-17-3-7-19(8-4-17)36(43)44)26(24(28(40)41)35(25)27(23)39)49-22-11-21(15-48-29(32)33)34(13-22)30(42)47-14-18-5-9-20(10-6-18)37(45)46/h3-10,16,21-23,25,29,38H,11-15H2,1-2H3,(H,40,41)/t16-,21+,22+,23-,25+,31-/m1/s1. The van der Waals surface area contributed by atoms with E-state index in [1.54, 1.807) is 19.1 Å². The van der Waals surface area contributed by atoms with E-state index in [1.165, 1.54) is 53.1 Å². The number of aliphatic hydroxyl groups excluding tert-OH is 1. The zero-order chi connectivity index (χ0) is 35.8. The molecule has 3 heterocycles. The summed E-state index contributed by atoms with van der Waals surface area (Å²) in [6.45, 7) is 2.98. The summed E-state index contributed by atoms with van der Waals surface area (Å²) in [5.41, 5.74) is -0.546. The zero-order valence-corrected chi connectivity index (χ0v) is 27.8. The van der Waals surface area contributed by atoms with E-state index in [2.05, 4.69) is 0 Å². The van der Waals surface area contributed by atoms with Crippen LogP contribution >= 0.6 is 23.5 Å². The summed E-state index contributed by atoms with van der Waals surface area (Å²) in [7, 11) is 0. The number of β-lactam (4-membered cyclic amide) rings is 1. The smallest absolute Gasteiger partial charge is 0.410 e. The van der Waals surface area contributed by atoms with Crippen LogP contribution in [0.2, 0.25) is 0 Å². The third-order valence-electron chi connectivity index (χ3n) is 9.03. The predicted molar refractivity (Wildman–Crippen MR) is 174 cm³/mol. The van der Waals surface area contributed by atoms with Gasteiger partial charge in [-0.3, -0.25) is 25.0 Å². The van der Waals surface area contributed by atoms with Crippen molar-refractivity contribution in [2.45, 2.75) is 62.5 Å². The highest BCUT2D eigenvalue weighted by atomic mass is 32.2. The van der Waals surface area contributed by atoms with Crippen molar-refractivity contribution in [3.8, 4) is 0 Å². The van der Waals surface area contributed by atoms with Crippen molar-refractivity contribution in [3.05, 3.63) is 90.5 Å². The van der Waals surface area contributed by atoms with E-state index in [4.69, 9.17) is 4.74 Å². The van der Waals surface area contributed by atoms with Gasteiger partial charge in [-0.2, -0.15) is 8.78 Å². The van der Waals surface area contributed by atoms with Crippen molar-refractivity contribution in [1.82, 2.24) is 9.80 Å². The lowest BCUT2D eigenvalue weighted by Gasteiger charge is -2.51. The number of non-ortho nitro benzene ring substituents is 2. The number of carbonyl (C=O) groups is 3. The van der Waals surface area contributed by atoms with Crippen molar-refractivity contribution >= 4 is 52.9 Å². The number of rotatable bonds is 13. The molecular weight excluding hydrogens is 690 g/mol. The molecule has 0 spiro atoms. The topological polar surface area (TPSA) is 194 Å². The Hall–Kier alpha value is -4.29. The maximum atomic E-state index is 13.3. The minimum absolute atomic E-state index is 0.000676. The van der Waals surface area contributed by atoms with Gasteiger partial charge in [-0.05, 0) is 43.0 Å². The molecular formula is C31H32F2N4O10S2. The van der Waals surface area contributed by atoms with Crippen LogP contribution in [0.4, 0.5) is 25.0 Å². The number of hydrogen-bond acceptors (Lipinski definition) is 11. The fourth-order valence-corrected chi connectivity index (χ4v) is 9.12. The molecule has 18 heteroatoms. The maximum Gasteiger partial charge on any atom is 0.410 e. The molecule has 0 radical (unpaired) electrons. The molecule has 2 aromatic carbocycles. The summed E-state index contributed by atoms with van der Waals surface area (Å²) in [5.74, 6) is -5.70. The number of carboxylic acids is 1. The number of amides is 2. The molecule has 0 bridgehead atoms. The highest BCUT2D eigenvalue weighted by molar-refractivity contribution is 8.03. The summed E-state index contributed by atoms with van der Waals surface area (Å²) in [6, 6.07) is 9.63. The van der Waals surface area contributed by atoms with Crippen LogP contribution < -0.4 is 0 Å². The maximum absolute atomic E-state index is 13.3. The number of nitro groups is 2. The second-order valence-corrected chi connectivity index (χ2v) is 14.6. The van der Waals surface area contributed by atoms with Crippen LogP contribution in [0.1, 0.15) is 31.4 Å². The van der Waals surface area contributed by atoms with Crippen molar-refractivity contribution in [1.29, 1.82) is 0 Å². The average Bonchev–Trinajstić information content (AvgIpc) is 3.54. The first-order chi connectivity index (χ1) is 23.1. The van der Waals surface area contributed by atoms with Gasteiger partial charge in [0.05, 0.1) is 27.9 Å². The molecule has 0 aromatic heterocycles. The van der Waals surface area contributed by atoms with Crippen LogP contribution in [-0.4, -0.2) is 89.3 Å². The Bertz CT molecular complexity index is 1680. The minimum Gasteiger partial charge on any atom is -0.477 e. The Kier molecular flexibility index (Phi) is 10.5. The van der Waals surface area contributed by atoms with Gasteiger partial charge in [0.25, 0.3) is 17.1 Å². The van der Waals surface area contributed by atoms with Gasteiger partial charge in [0.1, 0.15) is 12.3 Å². The molecule has 2 saturated heterocycles. The summed E-state index contributed by atoms with van der Waals surface area (Å²) >= 11 is 1.48. The number of aliphatic carboxylic acids is 1. The molecule has 262 valence electrons. The molecule has 0 saturated carbocycles. The number of nitrogens with zero attached hydrogens (tertiary/aromatic N) is 4. The van der Waals surface area contributed by atoms with Crippen LogP contribution in [0, 0.1) is 31.6 Å². The third kappa shape index (κ3) is 7.21. The fourth-order valence-electron chi connectivity index (χ4n) is 6.79. The third-order valence-corrected chi connectivity index (χ3v) is 11.4. The highest BCUT2D eigenvalue weighted by Crippen LogP contribution is 2.60. The van der Waals surface area contributed by atoms with Gasteiger partial charge >= 0.3 is 12.1 Å². The van der Waals surface area contributed by atoms with E-state index in [9.17, 15) is 53.6 Å². The Morgan fingerprint density at radius 1 is 1.06 bits per heavy atom. The average molecular weight is 723 g/mol. The number of aliphatic hydroxyl groups is 1. The van der Waals surface area contributed by atoms with E-state index >= 15 is 0 Å². The van der Waals surface area contributed by atoms with Crippen molar-refractivity contribution < 1.29 is 48.0 Å². The number of carboxylic acid groups (broad SMARTS) is 1. The molecule has 2 N–H and O–H groups in total. The minimum atomic E-state index is -2.71. The van der Waals surface area contributed by atoms with Crippen LogP contribution in [0.5, 0.6) is 0 Å². The Morgan fingerprint density at radius 2 is 1.63 bits per heavy atom. The molecule has 6 atom stereocenters. The van der Waals surface area contributed by atoms with Gasteiger partial charge in [-0.25, -0.2) is 9.59 Å². The SMILES string of the molecule is C[C@@H](O)[C@H]1C(=O)N2C(C(=O)O)=C(S[C@H]3C[C@@H](CSC(F)F)N(C(=O)OCc4ccc([N+](=O)[O-])cc4)C3)[C@](C)(Cc3ccc([N+](=O)[O-])cc3)[C@H]12. The quantitative estimate of drug-likeness (QED) is 0.159. The highest BCUT2D eigenvalue weighted by Gasteiger charge is 2.66. The first-order valence-corrected chi connectivity index (χ1v) is 17.0. The summed E-state index contributed by atoms with van der Waals surface area (Å²) in [6.07, 6.45) is -1.56. The van der Waals surface area contributed by atoms with Gasteiger partial charge in [0.2, 0.25) is 5.91 Å². The summed E-state index contributed by atoms with van der Waals surface area (Å²) in [5, 5.41) is 42.6. The Morgan fingerprint density at radius 3 is 2.14 bits per heavy atom. The fraction of sp³-hybridized carbons (Fsp3) is 0.452. The molecule has 0 aliphatic carbocycles. The van der Waals surface area contributed by atoms with Gasteiger partial charge in [-0.1, -0.05) is 30.8 Å². The molecule has 49 heavy (non-hydrogen) atoms. The lowest BCUT2D eigenvalue weighted by Crippen LogP contribution is -2.66. The largest absolute Gasteiger partial charge is 0.477 e. The number of hydrogen-bond donors (Lipinski definition) is 2. The first kappa shape index (κ1) is 36.0. The molecule has 2 fully saturated rings. The Labute approximate surface area is 286 Å². The number of thioether (sulfide) groups is 2. The lowest BCUT2D eigenvalue weighted by molar-refractivity contribution is -0.385. The number of nitro benzene ring substituents is 2.